The molecule has 1 aromatic carbocycles. The molecule has 0 radical (unpaired) electrons. The lowest BCUT2D eigenvalue weighted by Gasteiger charge is -2.15. The van der Waals surface area contributed by atoms with Gasteiger partial charge in [0.15, 0.2) is 5.69 Å². The van der Waals surface area contributed by atoms with E-state index < -0.39 is 23.3 Å². The molecule has 4 aromatic rings. The summed E-state index contributed by atoms with van der Waals surface area (Å²) in [7, 11) is 0. The van der Waals surface area contributed by atoms with Crippen molar-refractivity contribution in [3.8, 4) is 33.0 Å². The van der Waals surface area contributed by atoms with Crippen LogP contribution in [0.25, 0.3) is 33.0 Å². The monoisotopic (exact) mass is 482 g/mol. The number of benzene rings is 1. The van der Waals surface area contributed by atoms with E-state index in [4.69, 9.17) is 11.6 Å². The molecule has 5 nitrogen and oxygen atoms in total. The summed E-state index contributed by atoms with van der Waals surface area (Å²) < 4.78 is 57.8. The van der Waals surface area contributed by atoms with Crippen molar-refractivity contribution in [2.45, 2.75) is 31.2 Å². The SMILES string of the molecule is OC1(Cn2ncc(-c3[nH]cc(-c4c(F)cccc4Cl)c3-c3nccs3)c2C(F)(F)F)CC1. The van der Waals surface area contributed by atoms with Crippen LogP contribution in [-0.4, -0.2) is 30.5 Å². The minimum atomic E-state index is -4.74. The molecule has 0 amide bonds. The zero-order valence-corrected chi connectivity index (χ0v) is 17.8. The summed E-state index contributed by atoms with van der Waals surface area (Å²) in [4.78, 5) is 7.10. The molecule has 0 bridgehead atoms. The fraction of sp³-hybridized carbons (Fsp3) is 0.238. The molecule has 1 fully saturated rings. The Morgan fingerprint density at radius 3 is 2.62 bits per heavy atom. The summed E-state index contributed by atoms with van der Waals surface area (Å²) >= 11 is 7.45. The molecular weight excluding hydrogens is 468 g/mol. The molecule has 0 saturated heterocycles. The highest BCUT2D eigenvalue weighted by Crippen LogP contribution is 2.47. The summed E-state index contributed by atoms with van der Waals surface area (Å²) in [5, 5.41) is 16.3. The number of alkyl halides is 3. The molecule has 5 rings (SSSR count). The summed E-state index contributed by atoms with van der Waals surface area (Å²) in [6.45, 7) is -0.263. The molecular formula is C21H15ClF4N4OS. The van der Waals surface area contributed by atoms with Crippen LogP contribution in [0, 0.1) is 5.82 Å². The third kappa shape index (κ3) is 3.62. The minimum absolute atomic E-state index is 0.0649. The number of hydrogen-bond donors (Lipinski definition) is 2. The highest BCUT2D eigenvalue weighted by Gasteiger charge is 2.45. The Morgan fingerprint density at radius 1 is 1.22 bits per heavy atom. The first-order valence-corrected chi connectivity index (χ1v) is 10.8. The van der Waals surface area contributed by atoms with Gasteiger partial charge in [0.1, 0.15) is 10.8 Å². The van der Waals surface area contributed by atoms with Gasteiger partial charge in [-0.2, -0.15) is 18.3 Å². The van der Waals surface area contributed by atoms with Crippen molar-refractivity contribution < 1.29 is 22.7 Å². The molecule has 0 spiro atoms. The Balaban J connectivity index is 1.75. The lowest BCUT2D eigenvalue weighted by atomic mass is 9.99. The van der Waals surface area contributed by atoms with E-state index in [9.17, 15) is 22.7 Å². The van der Waals surface area contributed by atoms with E-state index in [1.54, 1.807) is 5.38 Å². The van der Waals surface area contributed by atoms with Crippen molar-refractivity contribution in [2.75, 3.05) is 0 Å². The molecule has 2 N–H and O–H groups in total. The fourth-order valence-corrected chi connectivity index (χ4v) is 4.69. The normalized spacial score (nSPS) is 15.3. The molecule has 3 aromatic heterocycles. The van der Waals surface area contributed by atoms with Gasteiger partial charge in [-0.05, 0) is 25.0 Å². The summed E-state index contributed by atoms with van der Waals surface area (Å²) in [5.41, 5.74) is -1.65. The number of halogens is 5. The van der Waals surface area contributed by atoms with E-state index in [1.807, 2.05) is 0 Å². The number of nitrogens with one attached hydrogen (secondary N) is 1. The quantitative estimate of drug-likeness (QED) is 0.343. The Hall–Kier alpha value is -2.69. The molecule has 32 heavy (non-hydrogen) atoms. The summed E-state index contributed by atoms with van der Waals surface area (Å²) in [6.07, 6.45) is 0.134. The molecule has 0 unspecified atom stereocenters. The molecule has 1 aliphatic rings. The first-order valence-electron chi connectivity index (χ1n) is 9.59. The van der Waals surface area contributed by atoms with Gasteiger partial charge in [0.05, 0.1) is 29.1 Å². The van der Waals surface area contributed by atoms with Gasteiger partial charge in [-0.3, -0.25) is 4.68 Å². The van der Waals surface area contributed by atoms with Gasteiger partial charge in [-0.15, -0.1) is 11.3 Å². The molecule has 0 atom stereocenters. The van der Waals surface area contributed by atoms with Crippen LogP contribution in [-0.2, 0) is 12.7 Å². The lowest BCUT2D eigenvalue weighted by Crippen LogP contribution is -2.23. The lowest BCUT2D eigenvalue weighted by molar-refractivity contribution is -0.144. The van der Waals surface area contributed by atoms with Crippen LogP contribution >= 0.6 is 22.9 Å². The first-order chi connectivity index (χ1) is 15.2. The molecule has 3 heterocycles. The van der Waals surface area contributed by atoms with Crippen molar-refractivity contribution in [3.05, 3.63) is 58.7 Å². The predicted octanol–water partition coefficient (Wildman–Crippen LogP) is 6.00. The van der Waals surface area contributed by atoms with Crippen LogP contribution in [0.3, 0.4) is 0 Å². The predicted molar refractivity (Wildman–Crippen MR) is 113 cm³/mol. The first kappa shape index (κ1) is 21.2. The van der Waals surface area contributed by atoms with E-state index in [1.165, 1.54) is 41.9 Å². The van der Waals surface area contributed by atoms with Crippen molar-refractivity contribution >= 4 is 22.9 Å². The Morgan fingerprint density at radius 2 is 2.00 bits per heavy atom. The summed E-state index contributed by atoms with van der Waals surface area (Å²) in [5.74, 6) is -0.608. The maximum atomic E-state index is 14.7. The number of hydrogen-bond acceptors (Lipinski definition) is 4. The third-order valence-corrected chi connectivity index (χ3v) is 6.51. The van der Waals surface area contributed by atoms with Crippen molar-refractivity contribution in [1.29, 1.82) is 0 Å². The fourth-order valence-electron chi connectivity index (χ4n) is 3.73. The van der Waals surface area contributed by atoms with Gasteiger partial charge in [-0.1, -0.05) is 17.7 Å². The van der Waals surface area contributed by atoms with Gasteiger partial charge in [0.2, 0.25) is 0 Å². The van der Waals surface area contributed by atoms with E-state index >= 15 is 0 Å². The minimum Gasteiger partial charge on any atom is -0.388 e. The van der Waals surface area contributed by atoms with Gasteiger partial charge in [0, 0.05) is 40.0 Å². The molecule has 1 saturated carbocycles. The number of aliphatic hydroxyl groups is 1. The molecule has 1 aliphatic carbocycles. The molecule has 0 aliphatic heterocycles. The average molecular weight is 483 g/mol. The topological polar surface area (TPSA) is 66.7 Å². The van der Waals surface area contributed by atoms with Gasteiger partial charge < -0.3 is 10.1 Å². The zero-order chi connectivity index (χ0) is 22.7. The van der Waals surface area contributed by atoms with Gasteiger partial charge in [-0.25, -0.2) is 9.37 Å². The number of aromatic nitrogens is 4. The van der Waals surface area contributed by atoms with E-state index in [0.717, 1.165) is 10.9 Å². The van der Waals surface area contributed by atoms with Crippen LogP contribution in [0.15, 0.2) is 42.2 Å². The zero-order valence-electron chi connectivity index (χ0n) is 16.2. The maximum Gasteiger partial charge on any atom is 0.433 e. The third-order valence-electron chi connectivity index (χ3n) is 5.41. The highest BCUT2D eigenvalue weighted by atomic mass is 35.5. The van der Waals surface area contributed by atoms with E-state index in [0.29, 0.717) is 29.0 Å². The second-order valence-electron chi connectivity index (χ2n) is 7.67. The molecule has 11 heteroatoms. The van der Waals surface area contributed by atoms with Crippen LogP contribution in [0.5, 0.6) is 0 Å². The van der Waals surface area contributed by atoms with Crippen molar-refractivity contribution in [1.82, 2.24) is 19.7 Å². The standard InChI is InChI=1S/C21H15ClF4N4OS/c22-13-2-1-3-14(23)15(13)11-8-28-17(16(11)19-27-6-7-32-19)12-9-29-30(10-20(31)4-5-20)18(12)21(24,25)26/h1-3,6-9,28,31H,4-5,10H2. The maximum absolute atomic E-state index is 14.7. The van der Waals surface area contributed by atoms with E-state index in [2.05, 4.69) is 15.1 Å². The van der Waals surface area contributed by atoms with Crippen LogP contribution in [0.2, 0.25) is 5.02 Å². The number of H-pyrrole nitrogens is 1. The molecule has 166 valence electrons. The average Bonchev–Trinajstić information content (AvgIpc) is 3.15. The summed E-state index contributed by atoms with van der Waals surface area (Å²) in [6, 6.07) is 4.19. The van der Waals surface area contributed by atoms with Crippen LogP contribution in [0.4, 0.5) is 17.6 Å². The largest absolute Gasteiger partial charge is 0.433 e. The van der Waals surface area contributed by atoms with Gasteiger partial charge in [0.25, 0.3) is 0 Å². The van der Waals surface area contributed by atoms with Crippen LogP contribution in [0.1, 0.15) is 18.5 Å². The second kappa shape index (κ2) is 7.43. The number of thiazole rings is 1. The van der Waals surface area contributed by atoms with Crippen LogP contribution < -0.4 is 0 Å². The number of rotatable bonds is 5. The number of nitrogens with zero attached hydrogens (tertiary/aromatic N) is 3. The van der Waals surface area contributed by atoms with Crippen molar-refractivity contribution in [3.63, 3.8) is 0 Å². The van der Waals surface area contributed by atoms with E-state index in [-0.39, 0.29) is 28.4 Å². The van der Waals surface area contributed by atoms with Crippen molar-refractivity contribution in [2.24, 2.45) is 0 Å². The Kier molecular flexibility index (Phi) is 4.92. The smallest absolute Gasteiger partial charge is 0.388 e. The Bertz CT molecular complexity index is 1270. The second-order valence-corrected chi connectivity index (χ2v) is 8.97. The number of aromatic amines is 1. The Labute approximate surface area is 188 Å². The highest BCUT2D eigenvalue weighted by molar-refractivity contribution is 7.13. The van der Waals surface area contributed by atoms with Gasteiger partial charge >= 0.3 is 6.18 Å².